The summed E-state index contributed by atoms with van der Waals surface area (Å²) in [5.74, 6) is 0.378. The minimum atomic E-state index is -0.182. The Labute approximate surface area is 122 Å². The minimum absolute atomic E-state index is 0.0262. The van der Waals surface area contributed by atoms with Gasteiger partial charge in [0.05, 0.1) is 6.33 Å². The fraction of sp³-hybridized carbons (Fsp3) is 0.308. The lowest BCUT2D eigenvalue weighted by molar-refractivity contribution is 0.0936. The molecule has 0 fully saturated rings. The van der Waals surface area contributed by atoms with Crippen molar-refractivity contribution in [3.05, 3.63) is 41.6 Å². The third kappa shape index (κ3) is 3.71. The number of nitrogens with one attached hydrogen (secondary N) is 2. The monoisotopic (exact) mass is 293 g/mol. The van der Waals surface area contributed by atoms with Gasteiger partial charge >= 0.3 is 0 Å². The smallest absolute Gasteiger partial charge is 0.251 e. The van der Waals surface area contributed by atoms with Crippen molar-refractivity contribution in [3.63, 3.8) is 0 Å². The zero-order valence-corrected chi connectivity index (χ0v) is 12.1. The number of carbonyl (C=O) groups is 1. The van der Waals surface area contributed by atoms with Crippen LogP contribution in [0.2, 0.25) is 5.15 Å². The van der Waals surface area contributed by atoms with Gasteiger partial charge in [-0.25, -0.2) is 9.97 Å². The van der Waals surface area contributed by atoms with E-state index in [1.54, 1.807) is 31.7 Å². The van der Waals surface area contributed by atoms with Gasteiger partial charge in [0.15, 0.2) is 0 Å². The van der Waals surface area contributed by atoms with Crippen LogP contribution in [0.1, 0.15) is 17.3 Å². The highest BCUT2D eigenvalue weighted by molar-refractivity contribution is 6.29. The predicted octanol–water partition coefficient (Wildman–Crippen LogP) is 1.79. The van der Waals surface area contributed by atoms with Crippen molar-refractivity contribution in [1.82, 2.24) is 19.9 Å². The molecule has 2 aromatic rings. The molecule has 0 radical (unpaired) electrons. The molecule has 0 saturated heterocycles. The molecule has 6 nitrogen and oxygen atoms in total. The molecule has 0 saturated carbocycles. The Morgan fingerprint density at radius 3 is 2.95 bits per heavy atom. The highest BCUT2D eigenvalue weighted by Gasteiger charge is 2.12. The van der Waals surface area contributed by atoms with Crippen LogP contribution in [0.25, 0.3) is 0 Å². The zero-order chi connectivity index (χ0) is 14.5. The van der Waals surface area contributed by atoms with Crippen molar-refractivity contribution in [2.45, 2.75) is 19.5 Å². The molecule has 1 unspecified atom stereocenters. The first-order chi connectivity index (χ1) is 9.58. The largest absolute Gasteiger partial charge is 0.373 e. The summed E-state index contributed by atoms with van der Waals surface area (Å²) in [6.45, 7) is 2.59. The fourth-order valence-electron chi connectivity index (χ4n) is 1.82. The zero-order valence-electron chi connectivity index (χ0n) is 11.3. The summed E-state index contributed by atoms with van der Waals surface area (Å²) in [7, 11) is 1.72. The van der Waals surface area contributed by atoms with Crippen LogP contribution < -0.4 is 10.6 Å². The second-order valence-corrected chi connectivity index (χ2v) is 4.84. The molecule has 20 heavy (non-hydrogen) atoms. The van der Waals surface area contributed by atoms with Gasteiger partial charge in [0, 0.05) is 37.6 Å². The topological polar surface area (TPSA) is 71.8 Å². The van der Waals surface area contributed by atoms with Gasteiger partial charge in [-0.2, -0.15) is 0 Å². The summed E-state index contributed by atoms with van der Waals surface area (Å²) >= 11 is 5.88. The fourth-order valence-corrected chi connectivity index (χ4v) is 2.03. The number of nitrogens with zero attached hydrogens (tertiary/aromatic N) is 3. The first-order valence-electron chi connectivity index (χ1n) is 6.20. The highest BCUT2D eigenvalue weighted by Crippen LogP contribution is 2.14. The van der Waals surface area contributed by atoms with E-state index in [0.29, 0.717) is 17.9 Å². The van der Waals surface area contributed by atoms with E-state index in [-0.39, 0.29) is 17.1 Å². The van der Waals surface area contributed by atoms with Gasteiger partial charge in [-0.05, 0) is 19.1 Å². The number of halogens is 1. The van der Waals surface area contributed by atoms with E-state index in [9.17, 15) is 4.79 Å². The lowest BCUT2D eigenvalue weighted by Crippen LogP contribution is -2.35. The molecule has 0 aliphatic rings. The number of pyridine rings is 1. The van der Waals surface area contributed by atoms with Gasteiger partial charge in [-0.3, -0.25) is 4.79 Å². The average Bonchev–Trinajstić information content (AvgIpc) is 2.90. The number of hydrogen-bond donors (Lipinski definition) is 2. The molecule has 0 aliphatic carbocycles. The van der Waals surface area contributed by atoms with Crippen LogP contribution in [0, 0.1) is 0 Å². The van der Waals surface area contributed by atoms with E-state index < -0.39 is 0 Å². The Kier molecular flexibility index (Phi) is 4.57. The lowest BCUT2D eigenvalue weighted by atomic mass is 10.2. The molecule has 0 aliphatic heterocycles. The van der Waals surface area contributed by atoms with Gasteiger partial charge in [0.25, 0.3) is 5.91 Å². The SMILES string of the molecule is CNc1cc(C(=O)NC(C)Cn2ccnc2)cc(Cl)n1. The molecule has 2 aromatic heterocycles. The van der Waals surface area contributed by atoms with E-state index in [2.05, 4.69) is 20.6 Å². The molecule has 1 atom stereocenters. The van der Waals surface area contributed by atoms with Crippen LogP contribution in [-0.2, 0) is 6.54 Å². The van der Waals surface area contributed by atoms with Crippen LogP contribution >= 0.6 is 11.6 Å². The van der Waals surface area contributed by atoms with Gasteiger partial charge in [-0.15, -0.1) is 0 Å². The van der Waals surface area contributed by atoms with E-state index in [1.807, 2.05) is 17.7 Å². The number of hydrogen-bond acceptors (Lipinski definition) is 4. The van der Waals surface area contributed by atoms with Gasteiger partial charge < -0.3 is 15.2 Å². The van der Waals surface area contributed by atoms with Crippen molar-refractivity contribution in [2.24, 2.45) is 0 Å². The van der Waals surface area contributed by atoms with Gasteiger partial charge in [-0.1, -0.05) is 11.6 Å². The Balaban J connectivity index is 2.02. The van der Waals surface area contributed by atoms with Crippen molar-refractivity contribution < 1.29 is 4.79 Å². The second-order valence-electron chi connectivity index (χ2n) is 4.45. The number of amides is 1. The molecule has 0 spiro atoms. The Morgan fingerprint density at radius 2 is 2.30 bits per heavy atom. The maximum atomic E-state index is 12.2. The summed E-state index contributed by atoms with van der Waals surface area (Å²) in [6.07, 6.45) is 5.27. The number of aromatic nitrogens is 3. The molecule has 2 rings (SSSR count). The van der Waals surface area contributed by atoms with Crippen molar-refractivity contribution in [3.8, 4) is 0 Å². The highest BCUT2D eigenvalue weighted by atomic mass is 35.5. The Hall–Kier alpha value is -2.08. The van der Waals surface area contributed by atoms with E-state index >= 15 is 0 Å². The lowest BCUT2D eigenvalue weighted by Gasteiger charge is -2.15. The molecule has 7 heteroatoms. The van der Waals surface area contributed by atoms with Crippen LogP contribution in [0.3, 0.4) is 0 Å². The van der Waals surface area contributed by atoms with E-state index in [0.717, 1.165) is 0 Å². The summed E-state index contributed by atoms with van der Waals surface area (Å²) in [5, 5.41) is 6.06. The number of rotatable bonds is 5. The maximum absolute atomic E-state index is 12.2. The summed E-state index contributed by atoms with van der Waals surface area (Å²) in [6, 6.07) is 3.17. The van der Waals surface area contributed by atoms with Gasteiger partial charge in [0.2, 0.25) is 0 Å². The summed E-state index contributed by atoms with van der Waals surface area (Å²) < 4.78 is 1.91. The minimum Gasteiger partial charge on any atom is -0.373 e. The number of imidazole rings is 1. The molecule has 1 amide bonds. The quantitative estimate of drug-likeness (QED) is 0.825. The van der Waals surface area contributed by atoms with E-state index in [1.165, 1.54) is 0 Å². The molecular weight excluding hydrogens is 278 g/mol. The molecule has 0 aromatic carbocycles. The standard InChI is InChI=1S/C13H16ClN5O/c1-9(7-19-4-3-16-8-19)17-13(20)10-5-11(14)18-12(6-10)15-2/h3-6,8-9H,7H2,1-2H3,(H,15,18)(H,17,20). The third-order valence-electron chi connectivity index (χ3n) is 2.73. The van der Waals surface area contributed by atoms with Crippen LogP contribution in [-0.4, -0.2) is 33.5 Å². The molecule has 0 bridgehead atoms. The van der Waals surface area contributed by atoms with Crippen molar-refractivity contribution in [1.29, 1.82) is 0 Å². The number of carbonyl (C=O) groups excluding carboxylic acids is 1. The average molecular weight is 294 g/mol. The first kappa shape index (κ1) is 14.3. The Bertz CT molecular complexity index is 584. The summed E-state index contributed by atoms with van der Waals surface area (Å²) in [5.41, 5.74) is 0.479. The Morgan fingerprint density at radius 1 is 1.50 bits per heavy atom. The molecule has 2 heterocycles. The molecule has 2 N–H and O–H groups in total. The molecular formula is C13H16ClN5O. The van der Waals surface area contributed by atoms with Gasteiger partial charge in [0.1, 0.15) is 11.0 Å². The van der Waals surface area contributed by atoms with E-state index in [4.69, 9.17) is 11.6 Å². The summed E-state index contributed by atoms with van der Waals surface area (Å²) in [4.78, 5) is 20.2. The van der Waals surface area contributed by atoms with Crippen LogP contribution in [0.15, 0.2) is 30.9 Å². The van der Waals surface area contributed by atoms with Crippen molar-refractivity contribution in [2.75, 3.05) is 12.4 Å². The normalized spacial score (nSPS) is 11.9. The maximum Gasteiger partial charge on any atom is 0.251 e. The molecule has 106 valence electrons. The second kappa shape index (κ2) is 6.38. The first-order valence-corrected chi connectivity index (χ1v) is 6.58. The van der Waals surface area contributed by atoms with Crippen LogP contribution in [0.4, 0.5) is 5.82 Å². The number of anilines is 1. The van der Waals surface area contributed by atoms with Crippen LogP contribution in [0.5, 0.6) is 0 Å². The predicted molar refractivity (Wildman–Crippen MR) is 77.9 cm³/mol. The third-order valence-corrected chi connectivity index (χ3v) is 2.93. The van der Waals surface area contributed by atoms with Crippen molar-refractivity contribution >= 4 is 23.3 Å².